The smallest absolute Gasteiger partial charge is 0.0896 e. The number of thiazole rings is 1. The van der Waals surface area contributed by atoms with Crippen LogP contribution in [0, 0.1) is 6.92 Å². The number of hydrogen-bond donors (Lipinski definition) is 1. The van der Waals surface area contributed by atoms with Crippen molar-refractivity contribution in [1.29, 1.82) is 0 Å². The molecule has 1 unspecified atom stereocenters. The third-order valence-corrected chi connectivity index (χ3v) is 3.26. The number of nitrogens with one attached hydrogen (secondary N) is 1. The highest BCUT2D eigenvalue weighted by atomic mass is 32.1. The molecule has 0 aliphatic heterocycles. The quantitative estimate of drug-likeness (QED) is 0.775. The monoisotopic (exact) mass is 228 g/mol. The standard InChI is InChI=1S/C11H20N2OS/c1-9(5-7-14-3)12-6-4-11-8-13-10(2)15-11/h8-9,12H,4-7H2,1-3H3. The van der Waals surface area contributed by atoms with Crippen molar-refractivity contribution >= 4 is 11.3 Å². The van der Waals surface area contributed by atoms with Gasteiger partial charge in [0.15, 0.2) is 0 Å². The first-order valence-electron chi connectivity index (χ1n) is 5.36. The second-order valence-corrected chi connectivity index (χ2v) is 5.05. The molecule has 0 fully saturated rings. The lowest BCUT2D eigenvalue weighted by Crippen LogP contribution is -2.28. The number of nitrogens with zero attached hydrogens (tertiary/aromatic N) is 1. The zero-order valence-corrected chi connectivity index (χ0v) is 10.6. The van der Waals surface area contributed by atoms with Gasteiger partial charge in [-0.25, -0.2) is 4.98 Å². The zero-order valence-electron chi connectivity index (χ0n) is 9.75. The van der Waals surface area contributed by atoms with Gasteiger partial charge in [0, 0.05) is 37.4 Å². The summed E-state index contributed by atoms with van der Waals surface area (Å²) < 4.78 is 5.03. The van der Waals surface area contributed by atoms with E-state index in [-0.39, 0.29) is 0 Å². The molecular formula is C11H20N2OS. The van der Waals surface area contributed by atoms with Crippen LogP contribution in [-0.4, -0.2) is 31.3 Å². The van der Waals surface area contributed by atoms with Gasteiger partial charge in [-0.3, -0.25) is 0 Å². The predicted molar refractivity (Wildman–Crippen MR) is 64.5 cm³/mol. The van der Waals surface area contributed by atoms with E-state index in [1.165, 1.54) is 4.88 Å². The second kappa shape index (κ2) is 6.93. The Morgan fingerprint density at radius 3 is 3.00 bits per heavy atom. The molecule has 0 aliphatic carbocycles. The fraction of sp³-hybridized carbons (Fsp3) is 0.727. The number of aryl methyl sites for hydroxylation is 1. The van der Waals surface area contributed by atoms with Gasteiger partial charge in [-0.15, -0.1) is 11.3 Å². The van der Waals surface area contributed by atoms with Crippen molar-refractivity contribution in [1.82, 2.24) is 10.3 Å². The van der Waals surface area contributed by atoms with Crippen LogP contribution in [0.5, 0.6) is 0 Å². The van der Waals surface area contributed by atoms with E-state index in [1.807, 2.05) is 13.1 Å². The summed E-state index contributed by atoms with van der Waals surface area (Å²) >= 11 is 1.78. The van der Waals surface area contributed by atoms with E-state index >= 15 is 0 Å². The van der Waals surface area contributed by atoms with Crippen LogP contribution in [0.1, 0.15) is 23.2 Å². The first-order valence-corrected chi connectivity index (χ1v) is 6.17. The van der Waals surface area contributed by atoms with Crippen LogP contribution in [0.4, 0.5) is 0 Å². The van der Waals surface area contributed by atoms with E-state index < -0.39 is 0 Å². The molecule has 1 N–H and O–H groups in total. The SMILES string of the molecule is COCCC(C)NCCc1cnc(C)s1. The Morgan fingerprint density at radius 2 is 2.40 bits per heavy atom. The van der Waals surface area contributed by atoms with Crippen LogP contribution in [0.2, 0.25) is 0 Å². The lowest BCUT2D eigenvalue weighted by atomic mass is 10.2. The van der Waals surface area contributed by atoms with Crippen molar-refractivity contribution in [2.24, 2.45) is 0 Å². The van der Waals surface area contributed by atoms with E-state index in [4.69, 9.17) is 4.74 Å². The Labute approximate surface area is 95.9 Å². The third-order valence-electron chi connectivity index (χ3n) is 2.29. The Kier molecular flexibility index (Phi) is 5.83. The zero-order chi connectivity index (χ0) is 11.1. The van der Waals surface area contributed by atoms with E-state index in [0.29, 0.717) is 6.04 Å². The molecule has 0 amide bonds. The number of methoxy groups -OCH3 is 1. The van der Waals surface area contributed by atoms with Gasteiger partial charge in [-0.1, -0.05) is 0 Å². The molecule has 86 valence electrons. The molecule has 0 bridgehead atoms. The molecule has 0 aromatic carbocycles. The highest BCUT2D eigenvalue weighted by Gasteiger charge is 2.02. The molecule has 3 nitrogen and oxygen atoms in total. The summed E-state index contributed by atoms with van der Waals surface area (Å²) in [4.78, 5) is 5.59. The molecular weight excluding hydrogens is 208 g/mol. The van der Waals surface area contributed by atoms with Crippen LogP contribution in [0.3, 0.4) is 0 Å². The number of ether oxygens (including phenoxy) is 1. The van der Waals surface area contributed by atoms with Crippen LogP contribution < -0.4 is 5.32 Å². The average molecular weight is 228 g/mol. The first kappa shape index (κ1) is 12.6. The van der Waals surface area contributed by atoms with Crippen LogP contribution in [0.25, 0.3) is 0 Å². The maximum absolute atomic E-state index is 5.03. The van der Waals surface area contributed by atoms with Gasteiger partial charge >= 0.3 is 0 Å². The maximum atomic E-state index is 5.03. The molecule has 0 radical (unpaired) electrons. The minimum Gasteiger partial charge on any atom is -0.385 e. The Morgan fingerprint density at radius 1 is 1.60 bits per heavy atom. The van der Waals surface area contributed by atoms with Gasteiger partial charge in [0.1, 0.15) is 0 Å². The fourth-order valence-electron chi connectivity index (χ4n) is 1.36. The molecule has 1 rings (SSSR count). The molecule has 0 saturated carbocycles. The Bertz CT molecular complexity index is 275. The molecule has 1 aromatic heterocycles. The molecule has 4 heteroatoms. The first-order chi connectivity index (χ1) is 7.22. The highest BCUT2D eigenvalue weighted by Crippen LogP contribution is 2.11. The molecule has 1 aromatic rings. The molecule has 1 heterocycles. The third kappa shape index (κ3) is 5.25. The van der Waals surface area contributed by atoms with Gasteiger partial charge in [0.25, 0.3) is 0 Å². The topological polar surface area (TPSA) is 34.1 Å². The highest BCUT2D eigenvalue weighted by molar-refractivity contribution is 7.11. The second-order valence-electron chi connectivity index (χ2n) is 3.73. The summed E-state index contributed by atoms with van der Waals surface area (Å²) in [5, 5.41) is 4.62. The van der Waals surface area contributed by atoms with E-state index in [1.54, 1.807) is 18.4 Å². The molecule has 0 saturated heterocycles. The summed E-state index contributed by atoms with van der Waals surface area (Å²) in [5.74, 6) is 0. The van der Waals surface area contributed by atoms with E-state index in [2.05, 4.69) is 17.2 Å². The number of hydrogen-bond acceptors (Lipinski definition) is 4. The average Bonchev–Trinajstić information content (AvgIpc) is 2.61. The van der Waals surface area contributed by atoms with Crippen molar-refractivity contribution in [2.75, 3.05) is 20.3 Å². The van der Waals surface area contributed by atoms with Crippen molar-refractivity contribution in [3.8, 4) is 0 Å². The van der Waals surface area contributed by atoms with Crippen molar-refractivity contribution in [2.45, 2.75) is 32.7 Å². The van der Waals surface area contributed by atoms with Gasteiger partial charge in [-0.2, -0.15) is 0 Å². The summed E-state index contributed by atoms with van der Waals surface area (Å²) in [6, 6.07) is 0.527. The van der Waals surface area contributed by atoms with Crippen LogP contribution in [0.15, 0.2) is 6.20 Å². The minimum atomic E-state index is 0.527. The van der Waals surface area contributed by atoms with Gasteiger partial charge < -0.3 is 10.1 Å². The Hall–Kier alpha value is -0.450. The summed E-state index contributed by atoms with van der Waals surface area (Å²) in [6.07, 6.45) is 4.11. The summed E-state index contributed by atoms with van der Waals surface area (Å²) in [5.41, 5.74) is 0. The van der Waals surface area contributed by atoms with Crippen LogP contribution >= 0.6 is 11.3 Å². The summed E-state index contributed by atoms with van der Waals surface area (Å²) in [6.45, 7) is 6.08. The lowest BCUT2D eigenvalue weighted by molar-refractivity contribution is 0.185. The lowest BCUT2D eigenvalue weighted by Gasteiger charge is -2.12. The minimum absolute atomic E-state index is 0.527. The molecule has 15 heavy (non-hydrogen) atoms. The largest absolute Gasteiger partial charge is 0.385 e. The van der Waals surface area contributed by atoms with Crippen molar-refractivity contribution < 1.29 is 4.74 Å². The van der Waals surface area contributed by atoms with E-state index in [9.17, 15) is 0 Å². The normalized spacial score (nSPS) is 13.0. The van der Waals surface area contributed by atoms with Gasteiger partial charge in [0.05, 0.1) is 5.01 Å². The van der Waals surface area contributed by atoms with Gasteiger partial charge in [0.2, 0.25) is 0 Å². The molecule has 1 atom stereocenters. The maximum Gasteiger partial charge on any atom is 0.0896 e. The Balaban J connectivity index is 2.10. The van der Waals surface area contributed by atoms with Gasteiger partial charge in [-0.05, 0) is 26.7 Å². The molecule has 0 aliphatic rings. The van der Waals surface area contributed by atoms with Crippen molar-refractivity contribution in [3.05, 3.63) is 16.1 Å². The molecule has 0 spiro atoms. The van der Waals surface area contributed by atoms with Crippen molar-refractivity contribution in [3.63, 3.8) is 0 Å². The number of rotatable bonds is 7. The number of aromatic nitrogens is 1. The predicted octanol–water partition coefficient (Wildman–Crippen LogP) is 2.01. The summed E-state index contributed by atoms with van der Waals surface area (Å²) in [7, 11) is 1.74. The van der Waals surface area contributed by atoms with E-state index in [0.717, 1.165) is 31.0 Å². The fourth-order valence-corrected chi connectivity index (χ4v) is 2.15. The van der Waals surface area contributed by atoms with Crippen LogP contribution in [-0.2, 0) is 11.2 Å².